The van der Waals surface area contributed by atoms with Crippen LogP contribution in [0.2, 0.25) is 0 Å². The Bertz CT molecular complexity index is 697. The van der Waals surface area contributed by atoms with Crippen LogP contribution in [0.3, 0.4) is 0 Å². The fraction of sp³-hybridized carbons (Fsp3) is 0.235. The van der Waals surface area contributed by atoms with Crippen LogP contribution in [0.5, 0.6) is 0 Å². The van der Waals surface area contributed by atoms with Gasteiger partial charge in [0.2, 0.25) is 0 Å². The number of aromatic nitrogens is 1. The summed E-state index contributed by atoms with van der Waals surface area (Å²) in [6.07, 6.45) is 3.25. The van der Waals surface area contributed by atoms with Crippen molar-refractivity contribution >= 4 is 18.1 Å². The number of benzene rings is 1. The van der Waals surface area contributed by atoms with Crippen LogP contribution >= 0.6 is 0 Å². The molecule has 7 heteroatoms. The molecule has 0 bridgehead atoms. The Hall–Kier alpha value is -2.96. The molecule has 0 spiro atoms. The quantitative estimate of drug-likeness (QED) is 0.694. The van der Waals surface area contributed by atoms with Crippen molar-refractivity contribution in [1.29, 1.82) is 0 Å². The highest BCUT2D eigenvalue weighted by Gasteiger charge is 2.21. The molecule has 1 aromatic heterocycles. The molecular formula is C17H18FN5O. The third-order valence-corrected chi connectivity index (χ3v) is 3.78. The molecule has 1 aliphatic heterocycles. The van der Waals surface area contributed by atoms with Crippen LogP contribution in [0.4, 0.5) is 15.0 Å². The number of anilines is 1. The summed E-state index contributed by atoms with van der Waals surface area (Å²) in [6.45, 7) is 2.67. The van der Waals surface area contributed by atoms with E-state index in [1.165, 1.54) is 18.3 Å². The van der Waals surface area contributed by atoms with Gasteiger partial charge >= 0.3 is 6.03 Å². The number of hydrogen-bond donors (Lipinski definition) is 1. The minimum Gasteiger partial charge on any atom is -0.353 e. The maximum absolute atomic E-state index is 12.8. The molecule has 3 rings (SSSR count). The van der Waals surface area contributed by atoms with Crippen LogP contribution in [0.1, 0.15) is 5.56 Å². The maximum atomic E-state index is 12.8. The second-order valence-electron chi connectivity index (χ2n) is 5.39. The van der Waals surface area contributed by atoms with Gasteiger partial charge in [-0.3, -0.25) is 0 Å². The topological polar surface area (TPSA) is 60.8 Å². The van der Waals surface area contributed by atoms with Gasteiger partial charge in [0, 0.05) is 32.4 Å². The number of hydrazone groups is 1. The molecule has 0 atom stereocenters. The lowest BCUT2D eigenvalue weighted by atomic mass is 10.2. The van der Waals surface area contributed by atoms with Crippen molar-refractivity contribution in [3.63, 3.8) is 0 Å². The molecule has 124 valence electrons. The molecule has 2 heterocycles. The van der Waals surface area contributed by atoms with Crippen LogP contribution in [-0.4, -0.2) is 48.3 Å². The van der Waals surface area contributed by atoms with Gasteiger partial charge in [-0.1, -0.05) is 18.2 Å². The zero-order valence-corrected chi connectivity index (χ0v) is 13.1. The lowest BCUT2D eigenvalue weighted by molar-refractivity contribution is 0.195. The van der Waals surface area contributed by atoms with E-state index in [9.17, 15) is 9.18 Å². The third kappa shape index (κ3) is 4.07. The summed E-state index contributed by atoms with van der Waals surface area (Å²) in [5.74, 6) is 0.619. The van der Waals surface area contributed by atoms with Gasteiger partial charge < -0.3 is 9.80 Å². The predicted molar refractivity (Wildman–Crippen MR) is 90.5 cm³/mol. The SMILES string of the molecule is O=C(N/N=C/c1ccc(F)cc1)N1CCN(c2ccccn2)CC1. The molecular weight excluding hydrogens is 309 g/mol. The van der Waals surface area contributed by atoms with Crippen molar-refractivity contribution < 1.29 is 9.18 Å². The van der Waals surface area contributed by atoms with Gasteiger partial charge in [-0.05, 0) is 29.8 Å². The first-order valence-electron chi connectivity index (χ1n) is 7.72. The molecule has 1 N–H and O–H groups in total. The Morgan fingerprint density at radius 1 is 1.12 bits per heavy atom. The second-order valence-corrected chi connectivity index (χ2v) is 5.39. The van der Waals surface area contributed by atoms with Gasteiger partial charge in [-0.25, -0.2) is 19.6 Å². The first kappa shape index (κ1) is 15.9. The molecule has 1 aromatic carbocycles. The molecule has 2 amide bonds. The van der Waals surface area contributed by atoms with Crippen molar-refractivity contribution in [1.82, 2.24) is 15.3 Å². The minimum absolute atomic E-state index is 0.242. The fourth-order valence-electron chi connectivity index (χ4n) is 2.46. The van der Waals surface area contributed by atoms with Gasteiger partial charge in [-0.15, -0.1) is 0 Å². The van der Waals surface area contributed by atoms with Crippen molar-refractivity contribution in [2.75, 3.05) is 31.1 Å². The summed E-state index contributed by atoms with van der Waals surface area (Å²) in [5.41, 5.74) is 3.22. The molecule has 1 fully saturated rings. The Morgan fingerprint density at radius 2 is 1.88 bits per heavy atom. The molecule has 24 heavy (non-hydrogen) atoms. The van der Waals surface area contributed by atoms with Crippen LogP contribution in [0.15, 0.2) is 53.8 Å². The summed E-state index contributed by atoms with van der Waals surface area (Å²) in [6, 6.07) is 11.4. The molecule has 1 saturated heterocycles. The Labute approximate surface area is 139 Å². The van der Waals surface area contributed by atoms with Crippen molar-refractivity contribution in [2.24, 2.45) is 5.10 Å². The summed E-state index contributed by atoms with van der Waals surface area (Å²) in [7, 11) is 0. The van der Waals surface area contributed by atoms with Gasteiger partial charge in [0.25, 0.3) is 0 Å². The number of nitrogens with one attached hydrogen (secondary N) is 1. The Morgan fingerprint density at radius 3 is 2.54 bits per heavy atom. The summed E-state index contributed by atoms with van der Waals surface area (Å²) >= 11 is 0. The van der Waals surface area contributed by atoms with E-state index in [0.29, 0.717) is 13.1 Å². The molecule has 0 unspecified atom stereocenters. The lowest BCUT2D eigenvalue weighted by Gasteiger charge is -2.34. The zero-order valence-electron chi connectivity index (χ0n) is 13.1. The van der Waals surface area contributed by atoms with Gasteiger partial charge in [0.15, 0.2) is 0 Å². The van der Waals surface area contributed by atoms with E-state index in [4.69, 9.17) is 0 Å². The maximum Gasteiger partial charge on any atom is 0.337 e. The predicted octanol–water partition coefficient (Wildman–Crippen LogP) is 2.09. The molecule has 6 nitrogen and oxygen atoms in total. The fourth-order valence-corrected chi connectivity index (χ4v) is 2.46. The van der Waals surface area contributed by atoms with Gasteiger partial charge in [0.05, 0.1) is 6.21 Å². The number of hydrogen-bond acceptors (Lipinski definition) is 4. The molecule has 0 radical (unpaired) electrons. The van der Waals surface area contributed by atoms with E-state index >= 15 is 0 Å². The number of pyridine rings is 1. The number of halogens is 1. The smallest absolute Gasteiger partial charge is 0.337 e. The number of rotatable bonds is 3. The summed E-state index contributed by atoms with van der Waals surface area (Å²) in [5, 5.41) is 3.91. The number of urea groups is 1. The number of amides is 2. The van der Waals surface area contributed by atoms with E-state index in [0.717, 1.165) is 24.5 Å². The standard InChI is InChI=1S/C17H18FN5O/c18-15-6-4-14(5-7-15)13-20-21-17(24)23-11-9-22(10-12-23)16-3-1-2-8-19-16/h1-8,13H,9-12H2,(H,21,24)/b20-13+. The van der Waals surface area contributed by atoms with E-state index in [1.807, 2.05) is 18.2 Å². The highest BCUT2D eigenvalue weighted by Crippen LogP contribution is 2.12. The van der Waals surface area contributed by atoms with E-state index in [-0.39, 0.29) is 11.8 Å². The largest absolute Gasteiger partial charge is 0.353 e. The summed E-state index contributed by atoms with van der Waals surface area (Å²) < 4.78 is 12.8. The van der Waals surface area contributed by atoms with E-state index in [1.54, 1.807) is 23.2 Å². The van der Waals surface area contributed by atoms with E-state index < -0.39 is 0 Å². The third-order valence-electron chi connectivity index (χ3n) is 3.78. The first-order valence-corrected chi connectivity index (χ1v) is 7.72. The average Bonchev–Trinajstić information content (AvgIpc) is 2.64. The normalized spacial score (nSPS) is 14.9. The highest BCUT2D eigenvalue weighted by atomic mass is 19.1. The second kappa shape index (κ2) is 7.54. The number of carbonyl (C=O) groups is 1. The Kier molecular flexibility index (Phi) is 5.00. The number of piperazine rings is 1. The van der Waals surface area contributed by atoms with E-state index in [2.05, 4.69) is 20.4 Å². The monoisotopic (exact) mass is 327 g/mol. The minimum atomic E-state index is -0.304. The lowest BCUT2D eigenvalue weighted by Crippen LogP contribution is -2.51. The zero-order chi connectivity index (χ0) is 16.8. The van der Waals surface area contributed by atoms with Gasteiger partial charge in [-0.2, -0.15) is 5.10 Å². The van der Waals surface area contributed by atoms with Crippen LogP contribution in [0.25, 0.3) is 0 Å². The van der Waals surface area contributed by atoms with Crippen LogP contribution in [0, 0.1) is 5.82 Å². The summed E-state index contributed by atoms with van der Waals surface area (Å²) in [4.78, 5) is 20.3. The van der Waals surface area contributed by atoms with Crippen molar-refractivity contribution in [2.45, 2.75) is 0 Å². The van der Waals surface area contributed by atoms with Crippen molar-refractivity contribution in [3.8, 4) is 0 Å². The number of carbonyl (C=O) groups excluding carboxylic acids is 1. The van der Waals surface area contributed by atoms with Crippen molar-refractivity contribution in [3.05, 3.63) is 60.0 Å². The highest BCUT2D eigenvalue weighted by molar-refractivity contribution is 5.81. The molecule has 2 aromatic rings. The number of nitrogens with zero attached hydrogens (tertiary/aromatic N) is 4. The first-order chi connectivity index (χ1) is 11.7. The van der Waals surface area contributed by atoms with Crippen LogP contribution in [-0.2, 0) is 0 Å². The van der Waals surface area contributed by atoms with Crippen LogP contribution < -0.4 is 10.3 Å². The molecule has 0 saturated carbocycles. The van der Waals surface area contributed by atoms with Gasteiger partial charge in [0.1, 0.15) is 11.6 Å². The Balaban J connectivity index is 1.47. The average molecular weight is 327 g/mol. The molecule has 0 aliphatic carbocycles. The molecule has 1 aliphatic rings.